The minimum absolute atomic E-state index is 0.173. The number of carbonyl (C=O) groups excluding carboxylic acids is 1. The Bertz CT molecular complexity index is 1810. The van der Waals surface area contributed by atoms with Gasteiger partial charge in [0, 0.05) is 41.1 Å². The van der Waals surface area contributed by atoms with Crippen molar-refractivity contribution in [3.05, 3.63) is 102 Å². The van der Waals surface area contributed by atoms with Gasteiger partial charge in [0.2, 0.25) is 0 Å². The van der Waals surface area contributed by atoms with E-state index in [4.69, 9.17) is 9.40 Å². The standard InChI is InChI=1S/C33H31N5O3/c39-26-7-8-28-27(18-26)24(19-35-28)17-29(21-10-13-34-14-11-21)37-33(40)22-6-9-31-30(16-22)36-32(23-12-15-41-20-23)38(31)25-4-2-1-3-5-25/h6-16,18-20,25,29,35,39H,1-5,17H2,(H,37,40). The normalized spacial score (nSPS) is 14.9. The molecule has 3 N–H and O–H groups in total. The number of aromatic amines is 1. The summed E-state index contributed by atoms with van der Waals surface area (Å²) in [5.74, 6) is 0.919. The van der Waals surface area contributed by atoms with Crippen molar-refractivity contribution < 1.29 is 14.3 Å². The number of hydrogen-bond donors (Lipinski definition) is 3. The van der Waals surface area contributed by atoms with E-state index in [9.17, 15) is 9.90 Å². The van der Waals surface area contributed by atoms with Gasteiger partial charge < -0.3 is 24.4 Å². The highest BCUT2D eigenvalue weighted by Gasteiger charge is 2.24. The molecule has 41 heavy (non-hydrogen) atoms. The lowest BCUT2D eigenvalue weighted by atomic mass is 9.95. The van der Waals surface area contributed by atoms with Crippen molar-refractivity contribution in [1.82, 2.24) is 24.8 Å². The minimum atomic E-state index is -0.302. The van der Waals surface area contributed by atoms with Crippen molar-refractivity contribution in [3.63, 3.8) is 0 Å². The molecule has 0 saturated heterocycles. The molecule has 1 saturated carbocycles. The number of aromatic nitrogens is 4. The Labute approximate surface area is 237 Å². The first kappa shape index (κ1) is 25.1. The van der Waals surface area contributed by atoms with Crippen LogP contribution in [0.2, 0.25) is 0 Å². The van der Waals surface area contributed by atoms with Crippen molar-refractivity contribution >= 4 is 27.8 Å². The second-order valence-electron chi connectivity index (χ2n) is 10.9. The number of nitrogens with zero attached hydrogens (tertiary/aromatic N) is 3. The van der Waals surface area contributed by atoms with Gasteiger partial charge in [-0.15, -0.1) is 0 Å². The Balaban J connectivity index is 1.22. The van der Waals surface area contributed by atoms with E-state index in [0.29, 0.717) is 18.0 Å². The maximum atomic E-state index is 13.7. The number of nitrogens with one attached hydrogen (secondary N) is 2. The van der Waals surface area contributed by atoms with Crippen LogP contribution in [0.1, 0.15) is 65.7 Å². The summed E-state index contributed by atoms with van der Waals surface area (Å²) < 4.78 is 7.73. The van der Waals surface area contributed by atoms with Crippen molar-refractivity contribution in [2.24, 2.45) is 0 Å². The summed E-state index contributed by atoms with van der Waals surface area (Å²) in [6, 6.07) is 16.9. The minimum Gasteiger partial charge on any atom is -0.508 e. The molecule has 1 amide bonds. The van der Waals surface area contributed by atoms with E-state index in [1.54, 1.807) is 37.1 Å². The Morgan fingerprint density at radius 3 is 2.73 bits per heavy atom. The molecule has 0 spiro atoms. The molecular formula is C33H31N5O3. The predicted molar refractivity (Wildman–Crippen MR) is 158 cm³/mol. The fraction of sp³-hybridized carbons (Fsp3) is 0.242. The van der Waals surface area contributed by atoms with Gasteiger partial charge in [0.05, 0.1) is 28.9 Å². The van der Waals surface area contributed by atoms with Crippen LogP contribution < -0.4 is 5.32 Å². The summed E-state index contributed by atoms with van der Waals surface area (Å²) in [5.41, 5.74) is 6.23. The molecular weight excluding hydrogens is 514 g/mol. The summed E-state index contributed by atoms with van der Waals surface area (Å²) in [7, 11) is 0. The third-order valence-corrected chi connectivity index (χ3v) is 8.26. The van der Waals surface area contributed by atoms with Gasteiger partial charge in [-0.3, -0.25) is 9.78 Å². The van der Waals surface area contributed by atoms with Crippen LogP contribution in [0.15, 0.2) is 90.1 Å². The molecule has 0 aliphatic heterocycles. The molecule has 7 rings (SSSR count). The van der Waals surface area contributed by atoms with Gasteiger partial charge in [-0.25, -0.2) is 4.98 Å². The highest BCUT2D eigenvalue weighted by atomic mass is 16.3. The number of hydrogen-bond acceptors (Lipinski definition) is 5. The second-order valence-corrected chi connectivity index (χ2v) is 10.9. The summed E-state index contributed by atoms with van der Waals surface area (Å²) in [5, 5.41) is 14.2. The van der Waals surface area contributed by atoms with Crippen molar-refractivity contribution in [3.8, 4) is 17.1 Å². The predicted octanol–water partition coefficient (Wildman–Crippen LogP) is 7.10. The fourth-order valence-corrected chi connectivity index (χ4v) is 6.19. The maximum absolute atomic E-state index is 13.7. The topological polar surface area (TPSA) is 109 Å². The van der Waals surface area contributed by atoms with E-state index in [2.05, 4.69) is 19.9 Å². The van der Waals surface area contributed by atoms with E-state index >= 15 is 0 Å². The van der Waals surface area contributed by atoms with Gasteiger partial charge in [-0.05, 0) is 85.0 Å². The quantitative estimate of drug-likeness (QED) is 0.198. The number of H-pyrrole nitrogens is 1. The Morgan fingerprint density at radius 1 is 1.07 bits per heavy atom. The molecule has 6 aromatic rings. The molecule has 2 aromatic carbocycles. The number of imidazole rings is 1. The summed E-state index contributed by atoms with van der Waals surface area (Å²) >= 11 is 0. The number of pyridine rings is 1. The zero-order valence-corrected chi connectivity index (χ0v) is 22.6. The first-order chi connectivity index (χ1) is 20.1. The van der Waals surface area contributed by atoms with Crippen LogP contribution in [0, 0.1) is 0 Å². The number of phenols is 1. The SMILES string of the molecule is O=C(NC(Cc1c[nH]c2ccc(O)cc12)c1ccncc1)c1ccc2c(c1)nc(-c1ccoc1)n2C1CCCCC1. The van der Waals surface area contributed by atoms with E-state index in [-0.39, 0.29) is 17.7 Å². The van der Waals surface area contributed by atoms with Crippen LogP contribution >= 0.6 is 0 Å². The van der Waals surface area contributed by atoms with Crippen LogP contribution in [0.25, 0.3) is 33.3 Å². The fourth-order valence-electron chi connectivity index (χ4n) is 6.19. The van der Waals surface area contributed by atoms with Crippen molar-refractivity contribution in [2.45, 2.75) is 50.6 Å². The van der Waals surface area contributed by atoms with E-state index < -0.39 is 0 Å². The molecule has 0 radical (unpaired) electrons. The Kier molecular flexibility index (Phi) is 6.51. The Hall–Kier alpha value is -4.85. The third-order valence-electron chi connectivity index (χ3n) is 8.26. The van der Waals surface area contributed by atoms with Crippen molar-refractivity contribution in [1.29, 1.82) is 0 Å². The second kappa shape index (κ2) is 10.6. The monoisotopic (exact) mass is 545 g/mol. The summed E-state index contributed by atoms with van der Waals surface area (Å²) in [6.45, 7) is 0. The van der Waals surface area contributed by atoms with Gasteiger partial charge in [0.15, 0.2) is 0 Å². The molecule has 0 bridgehead atoms. The number of aromatic hydroxyl groups is 1. The third kappa shape index (κ3) is 4.86. The molecule has 1 aliphatic rings. The van der Waals surface area contributed by atoms with Gasteiger partial charge in [0.25, 0.3) is 5.91 Å². The first-order valence-corrected chi connectivity index (χ1v) is 14.2. The maximum Gasteiger partial charge on any atom is 0.251 e. The van der Waals surface area contributed by atoms with Gasteiger partial charge in [0.1, 0.15) is 17.8 Å². The van der Waals surface area contributed by atoms with Crippen LogP contribution in [-0.2, 0) is 6.42 Å². The zero-order chi connectivity index (χ0) is 27.8. The summed E-state index contributed by atoms with van der Waals surface area (Å²) in [4.78, 5) is 26.1. The zero-order valence-electron chi connectivity index (χ0n) is 22.6. The highest BCUT2D eigenvalue weighted by molar-refractivity contribution is 5.98. The lowest BCUT2D eigenvalue weighted by molar-refractivity contribution is 0.0936. The number of rotatable bonds is 7. The number of fused-ring (bicyclic) bond motifs is 2. The number of benzene rings is 2. The average Bonchev–Trinajstić information content (AvgIpc) is 3.76. The van der Waals surface area contributed by atoms with E-state index in [1.807, 2.05) is 48.7 Å². The van der Waals surface area contributed by atoms with Crippen molar-refractivity contribution in [2.75, 3.05) is 0 Å². The highest BCUT2D eigenvalue weighted by Crippen LogP contribution is 2.36. The van der Waals surface area contributed by atoms with Gasteiger partial charge in [-0.2, -0.15) is 0 Å². The molecule has 8 heteroatoms. The van der Waals surface area contributed by atoms with E-state index in [1.165, 1.54) is 19.3 Å². The molecule has 8 nitrogen and oxygen atoms in total. The Morgan fingerprint density at radius 2 is 1.93 bits per heavy atom. The lowest BCUT2D eigenvalue weighted by Gasteiger charge is -2.25. The van der Waals surface area contributed by atoms with E-state index in [0.717, 1.165) is 57.3 Å². The van der Waals surface area contributed by atoms with Crippen LogP contribution in [0.3, 0.4) is 0 Å². The van der Waals surface area contributed by atoms with Crippen LogP contribution in [0.4, 0.5) is 0 Å². The molecule has 1 atom stereocenters. The van der Waals surface area contributed by atoms with Crippen LogP contribution in [-0.4, -0.2) is 30.5 Å². The number of amides is 1. The number of furan rings is 1. The first-order valence-electron chi connectivity index (χ1n) is 14.2. The molecule has 4 aromatic heterocycles. The molecule has 4 heterocycles. The van der Waals surface area contributed by atoms with Gasteiger partial charge in [-0.1, -0.05) is 19.3 Å². The molecule has 206 valence electrons. The van der Waals surface area contributed by atoms with Crippen LogP contribution in [0.5, 0.6) is 5.75 Å². The van der Waals surface area contributed by atoms with Gasteiger partial charge >= 0.3 is 0 Å². The largest absolute Gasteiger partial charge is 0.508 e. The smallest absolute Gasteiger partial charge is 0.251 e. The average molecular weight is 546 g/mol. The number of carbonyl (C=O) groups is 1. The molecule has 1 aliphatic carbocycles. The lowest BCUT2D eigenvalue weighted by Crippen LogP contribution is -2.30. The molecule has 1 fully saturated rings. The molecule has 1 unspecified atom stereocenters. The summed E-state index contributed by atoms with van der Waals surface area (Å²) in [6.07, 6.45) is 15.3. The number of phenolic OH excluding ortho intramolecular Hbond substituents is 1.